The summed E-state index contributed by atoms with van der Waals surface area (Å²) in [4.78, 5) is 35.9. The number of Topliss-reactive ketones (excluding diaryl/α,β-unsaturated/α-hetero) is 1. The normalized spacial score (nSPS) is 17.3. The van der Waals surface area contributed by atoms with Crippen molar-refractivity contribution in [3.63, 3.8) is 0 Å². The van der Waals surface area contributed by atoms with Crippen molar-refractivity contribution in [2.24, 2.45) is 0 Å². The third-order valence-electron chi connectivity index (χ3n) is 5.79. The van der Waals surface area contributed by atoms with Crippen LogP contribution in [-0.2, 0) is 16.1 Å². The summed E-state index contributed by atoms with van der Waals surface area (Å²) in [5, 5.41) is 11.2. The van der Waals surface area contributed by atoms with Gasteiger partial charge in [-0.05, 0) is 36.6 Å². The second kappa shape index (κ2) is 10.8. The molecule has 8 heteroatoms. The molecular weight excluding hydrogens is 432 g/mol. The molecule has 1 aromatic carbocycles. The van der Waals surface area contributed by atoms with E-state index in [1.54, 1.807) is 55.2 Å². The zero-order chi connectivity index (χ0) is 23.9. The number of amides is 1. The van der Waals surface area contributed by atoms with Crippen LogP contribution in [0.5, 0.6) is 5.75 Å². The molecule has 1 aliphatic rings. The predicted octanol–water partition coefficient (Wildman–Crippen LogP) is 3.97. The Bertz CT molecular complexity index is 1160. The maximum Gasteiger partial charge on any atom is 0.295 e. The van der Waals surface area contributed by atoms with Gasteiger partial charge in [0.15, 0.2) is 0 Å². The van der Waals surface area contributed by atoms with Crippen molar-refractivity contribution in [2.45, 2.75) is 38.8 Å². The number of hydrogen-bond donors (Lipinski definition) is 1. The number of pyridine rings is 1. The van der Waals surface area contributed by atoms with Crippen LogP contribution in [0.25, 0.3) is 5.76 Å². The van der Waals surface area contributed by atoms with Crippen LogP contribution in [0.2, 0.25) is 0 Å². The van der Waals surface area contributed by atoms with Gasteiger partial charge >= 0.3 is 0 Å². The number of benzene rings is 1. The number of hydrogen-bond acceptors (Lipinski definition) is 6. The Morgan fingerprint density at radius 3 is 2.71 bits per heavy atom. The van der Waals surface area contributed by atoms with E-state index in [4.69, 9.17) is 4.74 Å². The van der Waals surface area contributed by atoms with Gasteiger partial charge in [0.25, 0.3) is 11.7 Å². The van der Waals surface area contributed by atoms with Gasteiger partial charge in [-0.25, -0.2) is 4.98 Å². The van der Waals surface area contributed by atoms with Crippen LogP contribution < -0.4 is 4.74 Å². The average Bonchev–Trinajstić information content (AvgIpc) is 3.47. The van der Waals surface area contributed by atoms with Crippen molar-refractivity contribution in [1.82, 2.24) is 19.4 Å². The number of unbranched alkanes of at least 4 members (excludes halogenated alkanes) is 1. The lowest BCUT2D eigenvalue weighted by atomic mass is 9.96. The molecule has 8 nitrogen and oxygen atoms in total. The number of aliphatic hydroxyl groups excluding tert-OH is 1. The Kier molecular flexibility index (Phi) is 7.37. The van der Waals surface area contributed by atoms with E-state index in [1.165, 1.54) is 4.90 Å². The molecule has 1 saturated heterocycles. The first-order chi connectivity index (χ1) is 16.6. The highest BCUT2D eigenvalue weighted by Gasteiger charge is 2.45. The van der Waals surface area contributed by atoms with Gasteiger partial charge in [-0.15, -0.1) is 0 Å². The van der Waals surface area contributed by atoms with E-state index >= 15 is 0 Å². The second-order valence-electron chi connectivity index (χ2n) is 8.16. The summed E-state index contributed by atoms with van der Waals surface area (Å²) in [5.41, 5.74) is 1.16. The SMILES string of the molecule is CCCCOc1cccc(C(O)=C2C(=O)C(=O)N(CCCn3ccnc3)C2c2cccnc2)c1. The molecule has 3 heterocycles. The Labute approximate surface area is 198 Å². The zero-order valence-electron chi connectivity index (χ0n) is 19.1. The van der Waals surface area contributed by atoms with E-state index in [9.17, 15) is 14.7 Å². The first-order valence-electron chi connectivity index (χ1n) is 11.5. The van der Waals surface area contributed by atoms with Crippen molar-refractivity contribution in [1.29, 1.82) is 0 Å². The quantitative estimate of drug-likeness (QED) is 0.213. The highest BCUT2D eigenvalue weighted by atomic mass is 16.5. The molecular formula is C26H28N4O4. The molecule has 0 bridgehead atoms. The number of nitrogens with zero attached hydrogens (tertiary/aromatic N) is 4. The maximum atomic E-state index is 13.1. The molecule has 1 aliphatic heterocycles. The third kappa shape index (κ3) is 5.01. The van der Waals surface area contributed by atoms with Gasteiger partial charge in [0.05, 0.1) is 24.5 Å². The average molecular weight is 461 g/mol. The minimum absolute atomic E-state index is 0.0614. The number of carbonyl (C=O) groups is 2. The molecule has 0 spiro atoms. The Morgan fingerprint density at radius 1 is 1.09 bits per heavy atom. The number of ether oxygens (including phenoxy) is 1. The lowest BCUT2D eigenvalue weighted by molar-refractivity contribution is -0.139. The molecule has 3 aromatic rings. The number of likely N-dealkylation sites (tertiary alicyclic amines) is 1. The van der Waals surface area contributed by atoms with Crippen molar-refractivity contribution >= 4 is 17.4 Å². The fourth-order valence-corrected chi connectivity index (χ4v) is 4.06. The van der Waals surface area contributed by atoms with Gasteiger partial charge in [0.1, 0.15) is 11.5 Å². The number of carbonyl (C=O) groups excluding carboxylic acids is 2. The molecule has 0 radical (unpaired) electrons. The number of imidazole rings is 1. The molecule has 34 heavy (non-hydrogen) atoms. The monoisotopic (exact) mass is 460 g/mol. The number of rotatable bonds is 10. The molecule has 1 atom stereocenters. The minimum Gasteiger partial charge on any atom is -0.507 e. The zero-order valence-corrected chi connectivity index (χ0v) is 19.1. The molecule has 2 aromatic heterocycles. The molecule has 1 N–H and O–H groups in total. The number of aryl methyl sites for hydroxylation is 1. The van der Waals surface area contributed by atoms with Gasteiger partial charge in [-0.1, -0.05) is 31.5 Å². The van der Waals surface area contributed by atoms with E-state index in [0.29, 0.717) is 43.0 Å². The van der Waals surface area contributed by atoms with Crippen LogP contribution >= 0.6 is 0 Å². The van der Waals surface area contributed by atoms with Gasteiger partial charge in [0.2, 0.25) is 0 Å². The molecule has 0 saturated carbocycles. The Morgan fingerprint density at radius 2 is 1.97 bits per heavy atom. The van der Waals surface area contributed by atoms with Crippen molar-refractivity contribution in [2.75, 3.05) is 13.2 Å². The number of ketones is 1. The van der Waals surface area contributed by atoms with Crippen molar-refractivity contribution in [3.8, 4) is 5.75 Å². The van der Waals surface area contributed by atoms with E-state index in [0.717, 1.165) is 12.8 Å². The lowest BCUT2D eigenvalue weighted by Crippen LogP contribution is -2.31. The van der Waals surface area contributed by atoms with E-state index < -0.39 is 17.7 Å². The fourth-order valence-electron chi connectivity index (χ4n) is 4.06. The van der Waals surface area contributed by atoms with Crippen LogP contribution in [0.1, 0.15) is 43.4 Å². The van der Waals surface area contributed by atoms with Gasteiger partial charge < -0.3 is 19.3 Å². The number of aliphatic hydroxyl groups is 1. The van der Waals surface area contributed by atoms with E-state index in [1.807, 2.05) is 16.8 Å². The highest BCUT2D eigenvalue weighted by Crippen LogP contribution is 2.39. The molecule has 4 rings (SSSR count). The maximum absolute atomic E-state index is 13.1. The van der Waals surface area contributed by atoms with Crippen LogP contribution in [-0.4, -0.2) is 49.4 Å². The summed E-state index contributed by atoms with van der Waals surface area (Å²) < 4.78 is 7.67. The summed E-state index contributed by atoms with van der Waals surface area (Å²) >= 11 is 0. The van der Waals surface area contributed by atoms with Gasteiger partial charge in [-0.2, -0.15) is 0 Å². The smallest absolute Gasteiger partial charge is 0.295 e. The summed E-state index contributed by atoms with van der Waals surface area (Å²) in [5.74, 6) is -0.946. The second-order valence-corrected chi connectivity index (χ2v) is 8.16. The molecule has 1 unspecified atom stereocenters. The Balaban J connectivity index is 1.66. The summed E-state index contributed by atoms with van der Waals surface area (Å²) in [6.45, 7) is 3.65. The lowest BCUT2D eigenvalue weighted by Gasteiger charge is -2.25. The molecule has 0 aliphatic carbocycles. The first-order valence-corrected chi connectivity index (χ1v) is 11.5. The molecule has 1 fully saturated rings. The van der Waals surface area contributed by atoms with Crippen LogP contribution in [0, 0.1) is 0 Å². The van der Waals surface area contributed by atoms with Gasteiger partial charge in [-0.3, -0.25) is 14.6 Å². The van der Waals surface area contributed by atoms with E-state index in [-0.39, 0.29) is 11.3 Å². The minimum atomic E-state index is -0.721. The van der Waals surface area contributed by atoms with Crippen LogP contribution in [0.15, 0.2) is 73.1 Å². The highest BCUT2D eigenvalue weighted by molar-refractivity contribution is 6.46. The van der Waals surface area contributed by atoms with E-state index in [2.05, 4.69) is 16.9 Å². The largest absolute Gasteiger partial charge is 0.507 e. The Hall–Kier alpha value is -3.94. The topological polar surface area (TPSA) is 97.6 Å². The third-order valence-corrected chi connectivity index (χ3v) is 5.79. The predicted molar refractivity (Wildman–Crippen MR) is 127 cm³/mol. The van der Waals surface area contributed by atoms with Crippen molar-refractivity contribution < 1.29 is 19.4 Å². The summed E-state index contributed by atoms with van der Waals surface area (Å²) in [7, 11) is 0. The fraction of sp³-hybridized carbons (Fsp3) is 0.308. The summed E-state index contributed by atoms with van der Waals surface area (Å²) in [6, 6.07) is 9.80. The molecule has 176 valence electrons. The number of aromatic nitrogens is 3. The van der Waals surface area contributed by atoms with Crippen LogP contribution in [0.3, 0.4) is 0 Å². The standard InChI is InChI=1S/C26H28N4O4/c1-2-3-15-34-21-9-4-7-19(16-21)24(31)22-23(20-8-5-10-27-17-20)30(26(33)25(22)32)13-6-12-29-14-11-28-18-29/h4-5,7-11,14,16-18,23,31H,2-3,6,12-13,15H2,1H3. The molecule has 1 amide bonds. The summed E-state index contributed by atoms with van der Waals surface area (Å²) in [6.07, 6.45) is 11.1. The van der Waals surface area contributed by atoms with Crippen molar-refractivity contribution in [3.05, 3.63) is 84.2 Å². The van der Waals surface area contributed by atoms with Crippen LogP contribution in [0.4, 0.5) is 0 Å². The van der Waals surface area contributed by atoms with Gasteiger partial charge in [0, 0.05) is 43.4 Å². The first kappa shape index (κ1) is 23.2.